The van der Waals surface area contributed by atoms with Gasteiger partial charge in [-0.15, -0.1) is 0 Å². The van der Waals surface area contributed by atoms with Crippen molar-refractivity contribution < 1.29 is 18.0 Å². The van der Waals surface area contributed by atoms with Crippen LogP contribution < -0.4 is 0 Å². The molecule has 0 bridgehead atoms. The Labute approximate surface area is 220 Å². The van der Waals surface area contributed by atoms with E-state index in [0.29, 0.717) is 17.4 Å². The van der Waals surface area contributed by atoms with Gasteiger partial charge in [-0.25, -0.2) is 13.8 Å². The molecule has 1 aliphatic heterocycles. The van der Waals surface area contributed by atoms with Gasteiger partial charge in [-0.3, -0.25) is 4.79 Å². The van der Waals surface area contributed by atoms with Gasteiger partial charge in [0, 0.05) is 29.8 Å². The number of halogens is 2. The molecule has 2 aromatic rings. The molecule has 2 fully saturated rings. The van der Waals surface area contributed by atoms with Crippen molar-refractivity contribution in [2.75, 3.05) is 0 Å². The summed E-state index contributed by atoms with van der Waals surface area (Å²) in [6.45, 7) is 14.5. The maximum Gasteiger partial charge on any atom is 0.226 e. The Morgan fingerprint density at radius 1 is 1.11 bits per heavy atom. The van der Waals surface area contributed by atoms with Crippen molar-refractivity contribution in [3.8, 4) is 0 Å². The molecule has 1 aromatic heterocycles. The van der Waals surface area contributed by atoms with Crippen LogP contribution in [0, 0.1) is 30.4 Å². The number of carbonyl (C=O) groups excluding carboxylic acids is 1. The highest BCUT2D eigenvalue weighted by Crippen LogP contribution is 2.42. The van der Waals surface area contributed by atoms with Crippen LogP contribution >= 0.6 is 0 Å². The summed E-state index contributed by atoms with van der Waals surface area (Å²) in [5.74, 6) is 1.33. The lowest BCUT2D eigenvalue weighted by atomic mass is 9.75. The first kappa shape index (κ1) is 28.8. The van der Waals surface area contributed by atoms with E-state index in [1.807, 2.05) is 31.0 Å². The fraction of sp³-hybridized carbons (Fsp3) is 0.548. The summed E-state index contributed by atoms with van der Waals surface area (Å²) >= 11 is 0. The molecule has 0 N–H and O–H groups in total. The standard InChI is InChI=1S/C17H21F2NO.C14H21NO/c1-10-5-13(6-10)17(21)20-11(2)3-4-16(20)12-7-14(18)9-15(19)8-12;1-5-7-9-15-14-13(10-12(4)16-14)11(3)8-6-2/h7-11,13,16H,3-6H2,1-2H3;9-10H,3,5-8H2,1-2,4H3/b;15-9-. The second-order valence-electron chi connectivity index (χ2n) is 10.7. The summed E-state index contributed by atoms with van der Waals surface area (Å²) in [4.78, 5) is 18.9. The predicted molar refractivity (Wildman–Crippen MR) is 147 cm³/mol. The van der Waals surface area contributed by atoms with Crippen LogP contribution in [0.15, 0.2) is 40.3 Å². The number of aryl methyl sites for hydroxylation is 1. The lowest BCUT2D eigenvalue weighted by Gasteiger charge is -2.38. The molecular weight excluding hydrogens is 470 g/mol. The van der Waals surface area contributed by atoms with Gasteiger partial charge in [0.25, 0.3) is 0 Å². The van der Waals surface area contributed by atoms with Gasteiger partial charge in [0.15, 0.2) is 0 Å². The van der Waals surface area contributed by atoms with Gasteiger partial charge in [-0.05, 0) is 87.6 Å². The van der Waals surface area contributed by atoms with E-state index in [2.05, 4.69) is 32.3 Å². The lowest BCUT2D eigenvalue weighted by molar-refractivity contribution is -0.142. The van der Waals surface area contributed by atoms with Crippen molar-refractivity contribution in [2.24, 2.45) is 16.8 Å². The zero-order valence-corrected chi connectivity index (χ0v) is 23.0. The number of rotatable bonds is 8. The molecule has 1 aliphatic carbocycles. The number of likely N-dealkylation sites (tertiary alicyclic amines) is 1. The number of benzene rings is 1. The van der Waals surface area contributed by atoms with Gasteiger partial charge >= 0.3 is 0 Å². The number of carbonyl (C=O) groups is 1. The molecule has 4 nitrogen and oxygen atoms in total. The van der Waals surface area contributed by atoms with Gasteiger partial charge in [0.1, 0.15) is 17.4 Å². The minimum Gasteiger partial charge on any atom is -0.443 e. The van der Waals surface area contributed by atoms with Gasteiger partial charge in [0.05, 0.1) is 6.04 Å². The zero-order chi connectivity index (χ0) is 27.1. The average Bonchev–Trinajstić information content (AvgIpc) is 3.39. The molecule has 37 heavy (non-hydrogen) atoms. The van der Waals surface area contributed by atoms with Crippen molar-refractivity contribution in [3.63, 3.8) is 0 Å². The minimum atomic E-state index is -0.575. The molecule has 2 aliphatic rings. The first-order valence-electron chi connectivity index (χ1n) is 13.7. The van der Waals surface area contributed by atoms with Crippen LogP contribution in [-0.4, -0.2) is 23.1 Å². The minimum absolute atomic E-state index is 0.0986. The zero-order valence-electron chi connectivity index (χ0n) is 23.0. The van der Waals surface area contributed by atoms with Crippen LogP contribution in [0.5, 0.6) is 0 Å². The summed E-state index contributed by atoms with van der Waals surface area (Å²) in [5, 5.41) is 0. The largest absolute Gasteiger partial charge is 0.443 e. The Hall–Kier alpha value is -2.76. The maximum atomic E-state index is 13.5. The molecule has 0 spiro atoms. The monoisotopic (exact) mass is 512 g/mol. The number of unbranched alkanes of at least 4 members (excludes halogenated alkanes) is 1. The third kappa shape index (κ3) is 7.39. The third-order valence-corrected chi connectivity index (χ3v) is 7.31. The van der Waals surface area contributed by atoms with Crippen LogP contribution in [0.3, 0.4) is 0 Å². The van der Waals surface area contributed by atoms with E-state index < -0.39 is 11.6 Å². The van der Waals surface area contributed by atoms with Crippen molar-refractivity contribution in [1.29, 1.82) is 0 Å². The highest BCUT2D eigenvalue weighted by Gasteiger charge is 2.41. The fourth-order valence-corrected chi connectivity index (χ4v) is 5.33. The van der Waals surface area contributed by atoms with E-state index in [9.17, 15) is 13.6 Å². The van der Waals surface area contributed by atoms with Crippen molar-refractivity contribution in [3.05, 3.63) is 59.4 Å². The average molecular weight is 513 g/mol. The van der Waals surface area contributed by atoms with Crippen LogP contribution in [-0.2, 0) is 4.79 Å². The quantitative estimate of drug-likeness (QED) is 0.331. The first-order valence-corrected chi connectivity index (χ1v) is 13.7. The van der Waals surface area contributed by atoms with Gasteiger partial charge < -0.3 is 9.32 Å². The molecule has 1 aromatic carbocycles. The maximum absolute atomic E-state index is 13.5. The molecular formula is C31H42F2N2O2. The lowest BCUT2D eigenvalue weighted by Crippen LogP contribution is -2.43. The van der Waals surface area contributed by atoms with E-state index in [1.54, 1.807) is 0 Å². The number of nitrogens with zero attached hydrogens (tertiary/aromatic N) is 2. The normalized spacial score (nSPS) is 23.1. The van der Waals surface area contributed by atoms with E-state index >= 15 is 0 Å². The Kier molecular flexibility index (Phi) is 10.2. The number of furan rings is 1. The van der Waals surface area contributed by atoms with Gasteiger partial charge in [-0.2, -0.15) is 0 Å². The van der Waals surface area contributed by atoms with Crippen molar-refractivity contribution in [2.45, 2.75) is 98.1 Å². The topological polar surface area (TPSA) is 45.8 Å². The second-order valence-corrected chi connectivity index (χ2v) is 10.7. The highest BCUT2D eigenvalue weighted by atomic mass is 19.1. The van der Waals surface area contributed by atoms with Crippen LogP contribution in [0.1, 0.15) is 102 Å². The van der Waals surface area contributed by atoms with Gasteiger partial charge in [0.2, 0.25) is 11.8 Å². The molecule has 202 valence electrons. The molecule has 1 amide bonds. The van der Waals surface area contributed by atoms with Crippen molar-refractivity contribution in [1.82, 2.24) is 4.90 Å². The Morgan fingerprint density at radius 3 is 2.38 bits per heavy atom. The molecule has 2 atom stereocenters. The van der Waals surface area contributed by atoms with Crippen LogP contribution in [0.25, 0.3) is 5.57 Å². The molecule has 2 heterocycles. The molecule has 1 saturated carbocycles. The molecule has 0 radical (unpaired) electrons. The summed E-state index contributed by atoms with van der Waals surface area (Å²) in [7, 11) is 0. The Morgan fingerprint density at radius 2 is 1.78 bits per heavy atom. The Bertz CT molecular complexity index is 1080. The number of allylic oxidation sites excluding steroid dienone is 1. The van der Waals surface area contributed by atoms with E-state index in [4.69, 9.17) is 4.42 Å². The molecule has 6 heteroatoms. The third-order valence-electron chi connectivity index (χ3n) is 7.31. The molecule has 4 rings (SSSR count). The van der Waals surface area contributed by atoms with E-state index in [-0.39, 0.29) is 23.9 Å². The van der Waals surface area contributed by atoms with E-state index in [0.717, 1.165) is 74.3 Å². The van der Waals surface area contributed by atoms with Crippen LogP contribution in [0.4, 0.5) is 14.7 Å². The number of hydrogen-bond donors (Lipinski definition) is 0. The van der Waals surface area contributed by atoms with Crippen molar-refractivity contribution >= 4 is 23.6 Å². The number of hydrogen-bond acceptors (Lipinski definition) is 3. The molecule has 2 unspecified atom stereocenters. The number of amides is 1. The van der Waals surface area contributed by atoms with Gasteiger partial charge in [-0.1, -0.05) is 40.2 Å². The highest BCUT2D eigenvalue weighted by molar-refractivity contribution is 5.81. The van der Waals surface area contributed by atoms with Crippen LogP contribution in [0.2, 0.25) is 0 Å². The smallest absolute Gasteiger partial charge is 0.226 e. The number of aliphatic imine (C=N–C) groups is 1. The summed E-state index contributed by atoms with van der Waals surface area (Å²) < 4.78 is 32.5. The van der Waals surface area contributed by atoms with E-state index in [1.165, 1.54) is 12.1 Å². The Balaban J connectivity index is 0.000000214. The summed E-state index contributed by atoms with van der Waals surface area (Å²) in [5.41, 5.74) is 2.76. The molecule has 1 saturated heterocycles. The second kappa shape index (κ2) is 13.2. The SMILES string of the molecule is C=C(CCC)c1cc(C)oc1/N=C\CCC.CC1CC(C(=O)N2C(C)CCC2c2cc(F)cc(F)c2)C1. The summed E-state index contributed by atoms with van der Waals surface area (Å²) in [6, 6.07) is 5.57. The predicted octanol–water partition coefficient (Wildman–Crippen LogP) is 8.97. The first-order chi connectivity index (χ1) is 17.6. The fourth-order valence-electron chi connectivity index (χ4n) is 5.33. The summed E-state index contributed by atoms with van der Waals surface area (Å²) in [6.07, 6.45) is 9.64.